The second-order valence-corrected chi connectivity index (χ2v) is 5.91. The molecule has 0 radical (unpaired) electrons. The minimum absolute atomic E-state index is 0.102. The van der Waals surface area contributed by atoms with Crippen LogP contribution in [0.5, 0.6) is 0 Å². The van der Waals surface area contributed by atoms with Crippen molar-refractivity contribution in [3.8, 4) is 0 Å². The fourth-order valence-corrected chi connectivity index (χ4v) is 2.46. The Morgan fingerprint density at radius 1 is 0.556 bits per heavy atom. The summed E-state index contributed by atoms with van der Waals surface area (Å²) in [4.78, 5) is 23.0. The first kappa shape index (κ1) is 18.0. The molecule has 3 amide bonds. The van der Waals surface area contributed by atoms with Crippen molar-refractivity contribution in [2.75, 3.05) is 21.3 Å². The first-order chi connectivity index (χ1) is 13.1. The fraction of sp³-hybridized carbons (Fsp3) is 0.0476. The van der Waals surface area contributed by atoms with Gasteiger partial charge in [0.25, 0.3) is 0 Å². The lowest BCUT2D eigenvalue weighted by atomic mass is 10.2. The van der Waals surface area contributed by atoms with E-state index in [1.54, 1.807) is 0 Å². The number of benzene rings is 3. The molecule has 0 unspecified atom stereocenters. The molecule has 0 bridgehead atoms. The summed E-state index contributed by atoms with van der Waals surface area (Å²) in [5.74, 6) is -0.102. The average molecular weight is 360 g/mol. The van der Waals surface area contributed by atoms with Gasteiger partial charge in [0.15, 0.2) is 0 Å². The summed E-state index contributed by atoms with van der Waals surface area (Å²) < 4.78 is 0. The van der Waals surface area contributed by atoms with Gasteiger partial charge in [0, 0.05) is 35.4 Å². The molecule has 0 heterocycles. The zero-order valence-electron chi connectivity index (χ0n) is 14.8. The van der Waals surface area contributed by atoms with Gasteiger partial charge in [0.1, 0.15) is 0 Å². The Labute approximate surface area is 157 Å². The third-order valence-corrected chi connectivity index (χ3v) is 3.67. The van der Waals surface area contributed by atoms with Gasteiger partial charge in [-0.3, -0.25) is 4.79 Å². The molecular formula is C21H20N4O2. The van der Waals surface area contributed by atoms with E-state index >= 15 is 0 Å². The first-order valence-electron chi connectivity index (χ1n) is 8.46. The highest BCUT2D eigenvalue weighted by Crippen LogP contribution is 2.21. The van der Waals surface area contributed by atoms with Gasteiger partial charge in [-0.05, 0) is 60.7 Å². The predicted molar refractivity (Wildman–Crippen MR) is 110 cm³/mol. The summed E-state index contributed by atoms with van der Waals surface area (Å²) in [6.45, 7) is 1.47. The molecule has 3 aromatic rings. The molecule has 27 heavy (non-hydrogen) atoms. The highest BCUT2D eigenvalue weighted by Gasteiger charge is 2.03. The van der Waals surface area contributed by atoms with Gasteiger partial charge in [-0.25, -0.2) is 4.79 Å². The Balaban J connectivity index is 1.55. The maximum atomic E-state index is 12.0. The molecule has 0 saturated carbocycles. The van der Waals surface area contributed by atoms with Crippen molar-refractivity contribution in [2.45, 2.75) is 6.92 Å². The smallest absolute Gasteiger partial charge is 0.323 e. The SMILES string of the molecule is CC(=O)Nc1ccc(Nc2ccc(NC(=O)Nc3ccccc3)cc2)cc1. The van der Waals surface area contributed by atoms with Crippen molar-refractivity contribution in [1.29, 1.82) is 0 Å². The van der Waals surface area contributed by atoms with Crippen LogP contribution in [0.25, 0.3) is 0 Å². The third-order valence-electron chi connectivity index (χ3n) is 3.67. The normalized spacial score (nSPS) is 9.96. The van der Waals surface area contributed by atoms with Crippen LogP contribution in [0.15, 0.2) is 78.9 Å². The maximum absolute atomic E-state index is 12.0. The van der Waals surface area contributed by atoms with Crippen LogP contribution in [0.2, 0.25) is 0 Å². The van der Waals surface area contributed by atoms with Crippen molar-refractivity contribution in [3.63, 3.8) is 0 Å². The van der Waals surface area contributed by atoms with E-state index in [1.165, 1.54) is 6.92 Å². The van der Waals surface area contributed by atoms with Crippen LogP contribution in [0, 0.1) is 0 Å². The summed E-state index contributed by atoms with van der Waals surface area (Å²) in [5, 5.41) is 11.5. The van der Waals surface area contributed by atoms with E-state index in [4.69, 9.17) is 0 Å². The van der Waals surface area contributed by atoms with Crippen molar-refractivity contribution < 1.29 is 9.59 Å². The minimum Gasteiger partial charge on any atom is -0.356 e. The quantitative estimate of drug-likeness (QED) is 0.515. The summed E-state index contributed by atoms with van der Waals surface area (Å²) in [6.07, 6.45) is 0. The first-order valence-corrected chi connectivity index (χ1v) is 8.46. The number of nitrogens with one attached hydrogen (secondary N) is 4. The number of carbonyl (C=O) groups is 2. The summed E-state index contributed by atoms with van der Waals surface area (Å²) in [5.41, 5.74) is 3.95. The zero-order valence-corrected chi connectivity index (χ0v) is 14.8. The second-order valence-electron chi connectivity index (χ2n) is 5.91. The number of rotatable bonds is 5. The highest BCUT2D eigenvalue weighted by molar-refractivity contribution is 5.99. The Morgan fingerprint density at radius 3 is 1.44 bits per heavy atom. The molecule has 0 aliphatic rings. The van der Waals surface area contributed by atoms with Crippen molar-refractivity contribution in [1.82, 2.24) is 0 Å². The maximum Gasteiger partial charge on any atom is 0.323 e. The number of anilines is 5. The number of para-hydroxylation sites is 1. The van der Waals surface area contributed by atoms with E-state index in [0.717, 1.165) is 22.7 Å². The lowest BCUT2D eigenvalue weighted by Crippen LogP contribution is -2.19. The van der Waals surface area contributed by atoms with Crippen LogP contribution in [-0.4, -0.2) is 11.9 Å². The Hall–Kier alpha value is -3.80. The number of hydrogen-bond donors (Lipinski definition) is 4. The number of urea groups is 1. The lowest BCUT2D eigenvalue weighted by molar-refractivity contribution is -0.114. The molecule has 6 nitrogen and oxygen atoms in total. The average Bonchev–Trinajstić information content (AvgIpc) is 2.65. The molecule has 6 heteroatoms. The van der Waals surface area contributed by atoms with Crippen LogP contribution >= 0.6 is 0 Å². The molecule has 3 aromatic carbocycles. The highest BCUT2D eigenvalue weighted by atomic mass is 16.2. The summed E-state index contributed by atoms with van der Waals surface area (Å²) in [7, 11) is 0. The molecule has 0 aromatic heterocycles. The summed E-state index contributed by atoms with van der Waals surface area (Å²) in [6, 6.07) is 23.8. The van der Waals surface area contributed by atoms with E-state index in [2.05, 4.69) is 21.3 Å². The van der Waals surface area contributed by atoms with Crippen LogP contribution in [-0.2, 0) is 4.79 Å². The van der Waals surface area contributed by atoms with E-state index in [9.17, 15) is 9.59 Å². The monoisotopic (exact) mass is 360 g/mol. The van der Waals surface area contributed by atoms with E-state index in [1.807, 2.05) is 78.9 Å². The van der Waals surface area contributed by atoms with E-state index in [-0.39, 0.29) is 11.9 Å². The van der Waals surface area contributed by atoms with Gasteiger partial charge in [0.05, 0.1) is 0 Å². The predicted octanol–water partition coefficient (Wildman–Crippen LogP) is 5.03. The molecule has 4 N–H and O–H groups in total. The Morgan fingerprint density at radius 2 is 0.963 bits per heavy atom. The molecule has 0 aliphatic heterocycles. The largest absolute Gasteiger partial charge is 0.356 e. The standard InChI is InChI=1S/C21H20N4O2/c1-15(26)22-17-7-9-18(10-8-17)23-19-11-13-20(14-12-19)25-21(27)24-16-5-3-2-4-6-16/h2-14,23H,1H3,(H,22,26)(H2,24,25,27). The second kappa shape index (κ2) is 8.53. The van der Waals surface area contributed by atoms with Gasteiger partial charge >= 0.3 is 6.03 Å². The van der Waals surface area contributed by atoms with Crippen LogP contribution in [0.1, 0.15) is 6.92 Å². The Bertz CT molecular complexity index is 907. The molecule has 0 spiro atoms. The van der Waals surface area contributed by atoms with Gasteiger partial charge in [-0.15, -0.1) is 0 Å². The fourth-order valence-electron chi connectivity index (χ4n) is 2.46. The van der Waals surface area contributed by atoms with Crippen LogP contribution < -0.4 is 21.3 Å². The van der Waals surface area contributed by atoms with Gasteiger partial charge in [0.2, 0.25) is 5.91 Å². The molecule has 0 saturated heterocycles. The summed E-state index contributed by atoms with van der Waals surface area (Å²) >= 11 is 0. The number of amides is 3. The van der Waals surface area contributed by atoms with Gasteiger partial charge in [-0.1, -0.05) is 18.2 Å². The topological polar surface area (TPSA) is 82.3 Å². The van der Waals surface area contributed by atoms with E-state index in [0.29, 0.717) is 5.69 Å². The van der Waals surface area contributed by atoms with Crippen LogP contribution in [0.4, 0.5) is 33.2 Å². The molecule has 0 fully saturated rings. The molecule has 0 atom stereocenters. The molecule has 0 aliphatic carbocycles. The van der Waals surface area contributed by atoms with Gasteiger partial charge in [-0.2, -0.15) is 0 Å². The zero-order chi connectivity index (χ0) is 19.1. The molecule has 3 rings (SSSR count). The molecule has 136 valence electrons. The number of hydrogen-bond acceptors (Lipinski definition) is 3. The van der Waals surface area contributed by atoms with Crippen LogP contribution in [0.3, 0.4) is 0 Å². The minimum atomic E-state index is -0.296. The third kappa shape index (κ3) is 5.61. The lowest BCUT2D eigenvalue weighted by Gasteiger charge is -2.10. The molecular weight excluding hydrogens is 340 g/mol. The van der Waals surface area contributed by atoms with E-state index < -0.39 is 0 Å². The Kier molecular flexibility index (Phi) is 5.69. The van der Waals surface area contributed by atoms with Crippen molar-refractivity contribution in [2.24, 2.45) is 0 Å². The van der Waals surface area contributed by atoms with Gasteiger partial charge < -0.3 is 21.3 Å². The number of carbonyl (C=O) groups excluding carboxylic acids is 2. The van der Waals surface area contributed by atoms with Crippen molar-refractivity contribution >= 4 is 40.4 Å². The van der Waals surface area contributed by atoms with Crippen molar-refractivity contribution in [3.05, 3.63) is 78.9 Å².